The highest BCUT2D eigenvalue weighted by Crippen LogP contribution is 2.19. The lowest BCUT2D eigenvalue weighted by Crippen LogP contribution is -2.43. The predicted octanol–water partition coefficient (Wildman–Crippen LogP) is 1.74. The molecule has 6 nitrogen and oxygen atoms in total. The van der Waals surface area contributed by atoms with Crippen molar-refractivity contribution in [2.24, 2.45) is 11.8 Å². The second kappa shape index (κ2) is 8.40. The van der Waals surface area contributed by atoms with Crippen LogP contribution in [0.5, 0.6) is 0 Å². The van der Waals surface area contributed by atoms with E-state index in [1.54, 1.807) is 0 Å². The van der Waals surface area contributed by atoms with Crippen LogP contribution < -0.4 is 10.6 Å². The number of rotatable bonds is 6. The summed E-state index contributed by atoms with van der Waals surface area (Å²) in [6.07, 6.45) is 2.54. The summed E-state index contributed by atoms with van der Waals surface area (Å²) in [6, 6.07) is 0. The van der Waals surface area contributed by atoms with E-state index in [1.165, 1.54) is 17.8 Å². The minimum Gasteiger partial charge on any atom is -0.342 e. The fourth-order valence-electron chi connectivity index (χ4n) is 2.71. The molecule has 1 unspecified atom stereocenters. The van der Waals surface area contributed by atoms with Gasteiger partial charge in [0.05, 0.1) is 12.1 Å². The van der Waals surface area contributed by atoms with Crippen molar-refractivity contribution in [3.8, 4) is 0 Å². The second-order valence-electron chi connectivity index (χ2n) is 6.37. The smallest absolute Gasteiger partial charge is 0.228 e. The van der Waals surface area contributed by atoms with Crippen LogP contribution >= 0.6 is 11.3 Å². The van der Waals surface area contributed by atoms with Crippen molar-refractivity contribution in [3.63, 3.8) is 0 Å². The Balaban J connectivity index is 1.88. The van der Waals surface area contributed by atoms with Gasteiger partial charge in [-0.05, 0) is 32.4 Å². The van der Waals surface area contributed by atoms with Gasteiger partial charge in [-0.1, -0.05) is 13.8 Å². The highest BCUT2D eigenvalue weighted by atomic mass is 32.1. The summed E-state index contributed by atoms with van der Waals surface area (Å²) in [7, 11) is 1.95. The Bertz CT molecular complexity index is 542. The van der Waals surface area contributed by atoms with E-state index in [0.29, 0.717) is 17.5 Å². The fourth-order valence-corrected chi connectivity index (χ4v) is 3.42. The third kappa shape index (κ3) is 5.28. The summed E-state index contributed by atoms with van der Waals surface area (Å²) >= 11 is 1.37. The summed E-state index contributed by atoms with van der Waals surface area (Å²) < 4.78 is 0. The summed E-state index contributed by atoms with van der Waals surface area (Å²) in [5.74, 6) is 0.525. The van der Waals surface area contributed by atoms with Gasteiger partial charge in [0.25, 0.3) is 0 Å². The van der Waals surface area contributed by atoms with Crippen LogP contribution in [0.15, 0.2) is 5.38 Å². The van der Waals surface area contributed by atoms with E-state index in [-0.39, 0.29) is 17.7 Å². The molecule has 1 aromatic heterocycles. The molecule has 2 rings (SSSR count). The van der Waals surface area contributed by atoms with E-state index in [4.69, 9.17) is 0 Å². The van der Waals surface area contributed by atoms with E-state index in [0.717, 1.165) is 31.7 Å². The number of thiazole rings is 1. The van der Waals surface area contributed by atoms with Crippen LogP contribution in [0.3, 0.4) is 0 Å². The molecule has 0 aromatic carbocycles. The minimum atomic E-state index is -0.0820. The molecule has 1 atom stereocenters. The van der Waals surface area contributed by atoms with Crippen LogP contribution in [0.1, 0.15) is 32.4 Å². The zero-order valence-corrected chi connectivity index (χ0v) is 14.9. The molecule has 1 fully saturated rings. The van der Waals surface area contributed by atoms with Crippen molar-refractivity contribution >= 4 is 28.3 Å². The molecule has 0 spiro atoms. The van der Waals surface area contributed by atoms with Crippen molar-refractivity contribution in [2.75, 3.05) is 32.0 Å². The average Bonchev–Trinajstić information content (AvgIpc) is 2.94. The first-order valence-corrected chi connectivity index (χ1v) is 9.05. The second-order valence-corrected chi connectivity index (χ2v) is 7.23. The third-order valence-electron chi connectivity index (χ3n) is 4.00. The number of carbonyl (C=O) groups excluding carboxylic acids is 2. The molecule has 0 saturated carbocycles. The Morgan fingerprint density at radius 1 is 1.48 bits per heavy atom. The summed E-state index contributed by atoms with van der Waals surface area (Å²) in [4.78, 5) is 30.4. The van der Waals surface area contributed by atoms with Gasteiger partial charge in [0.2, 0.25) is 11.8 Å². The van der Waals surface area contributed by atoms with Gasteiger partial charge in [0, 0.05) is 24.4 Å². The molecule has 0 bridgehead atoms. The van der Waals surface area contributed by atoms with Crippen LogP contribution in [0, 0.1) is 11.8 Å². The number of amides is 2. The standard InChI is InChI=1S/C16H26N4O2S/c1-11(2)15(22)19-16-18-13(10-23-16)7-14(21)20-6-4-5-12(9-20)8-17-3/h10-12,17H,4-9H2,1-3H3,(H,18,19,22). The van der Waals surface area contributed by atoms with Gasteiger partial charge in [0.15, 0.2) is 5.13 Å². The van der Waals surface area contributed by atoms with Crippen molar-refractivity contribution in [2.45, 2.75) is 33.1 Å². The largest absolute Gasteiger partial charge is 0.342 e. The van der Waals surface area contributed by atoms with Gasteiger partial charge in [-0.25, -0.2) is 4.98 Å². The fraction of sp³-hybridized carbons (Fsp3) is 0.688. The van der Waals surface area contributed by atoms with Crippen LogP contribution in [0.25, 0.3) is 0 Å². The average molecular weight is 338 g/mol. The maximum atomic E-state index is 12.4. The number of hydrogen-bond acceptors (Lipinski definition) is 5. The lowest BCUT2D eigenvalue weighted by Gasteiger charge is -2.32. The minimum absolute atomic E-state index is 0.0526. The number of aromatic nitrogens is 1. The van der Waals surface area contributed by atoms with Gasteiger partial charge in [0.1, 0.15) is 0 Å². The van der Waals surface area contributed by atoms with E-state index in [9.17, 15) is 9.59 Å². The molecular weight excluding hydrogens is 312 g/mol. The van der Waals surface area contributed by atoms with Crippen molar-refractivity contribution in [1.82, 2.24) is 15.2 Å². The number of carbonyl (C=O) groups is 2. The number of hydrogen-bond donors (Lipinski definition) is 2. The van der Waals surface area contributed by atoms with Gasteiger partial charge in [-0.3, -0.25) is 9.59 Å². The molecule has 2 heterocycles. The van der Waals surface area contributed by atoms with E-state index >= 15 is 0 Å². The van der Waals surface area contributed by atoms with Gasteiger partial charge < -0.3 is 15.5 Å². The quantitative estimate of drug-likeness (QED) is 0.828. The first-order valence-electron chi connectivity index (χ1n) is 8.17. The van der Waals surface area contributed by atoms with Crippen LogP contribution in [0.2, 0.25) is 0 Å². The monoisotopic (exact) mass is 338 g/mol. The first kappa shape index (κ1) is 17.9. The Hall–Kier alpha value is -1.47. The summed E-state index contributed by atoms with van der Waals surface area (Å²) in [5.41, 5.74) is 0.731. The first-order chi connectivity index (χ1) is 11.0. The molecular formula is C16H26N4O2S. The molecule has 0 aliphatic carbocycles. The SMILES string of the molecule is CNCC1CCCN(C(=O)Cc2csc(NC(=O)C(C)C)n2)C1. The lowest BCUT2D eigenvalue weighted by atomic mass is 9.98. The third-order valence-corrected chi connectivity index (χ3v) is 4.81. The number of anilines is 1. The number of piperidine rings is 1. The Labute approximate surface area is 141 Å². The van der Waals surface area contributed by atoms with Crippen LogP contribution in [0.4, 0.5) is 5.13 Å². The van der Waals surface area contributed by atoms with Crippen molar-refractivity contribution in [3.05, 3.63) is 11.1 Å². The van der Waals surface area contributed by atoms with E-state index in [1.807, 2.05) is 31.2 Å². The maximum absolute atomic E-state index is 12.4. The van der Waals surface area contributed by atoms with Gasteiger partial charge in [-0.15, -0.1) is 11.3 Å². The summed E-state index contributed by atoms with van der Waals surface area (Å²) in [5, 5.41) is 8.38. The molecule has 2 amide bonds. The Morgan fingerprint density at radius 3 is 2.96 bits per heavy atom. The highest BCUT2D eigenvalue weighted by molar-refractivity contribution is 7.13. The Morgan fingerprint density at radius 2 is 2.26 bits per heavy atom. The van der Waals surface area contributed by atoms with Gasteiger partial charge in [-0.2, -0.15) is 0 Å². The molecule has 7 heteroatoms. The molecule has 1 aliphatic rings. The molecule has 128 valence electrons. The molecule has 1 aromatic rings. The number of nitrogens with zero attached hydrogens (tertiary/aromatic N) is 2. The molecule has 2 N–H and O–H groups in total. The number of nitrogens with one attached hydrogen (secondary N) is 2. The maximum Gasteiger partial charge on any atom is 0.228 e. The van der Waals surface area contributed by atoms with Crippen molar-refractivity contribution in [1.29, 1.82) is 0 Å². The predicted molar refractivity (Wildman–Crippen MR) is 92.5 cm³/mol. The molecule has 23 heavy (non-hydrogen) atoms. The number of likely N-dealkylation sites (tertiary alicyclic amines) is 1. The van der Waals surface area contributed by atoms with Crippen molar-refractivity contribution < 1.29 is 9.59 Å². The zero-order valence-electron chi connectivity index (χ0n) is 14.1. The molecule has 1 aliphatic heterocycles. The molecule has 1 saturated heterocycles. The lowest BCUT2D eigenvalue weighted by molar-refractivity contribution is -0.132. The van der Waals surface area contributed by atoms with E-state index < -0.39 is 0 Å². The van der Waals surface area contributed by atoms with Crippen LogP contribution in [-0.4, -0.2) is 48.4 Å². The van der Waals surface area contributed by atoms with Crippen LogP contribution in [-0.2, 0) is 16.0 Å². The summed E-state index contributed by atoms with van der Waals surface area (Å²) in [6.45, 7) is 6.28. The normalized spacial score (nSPS) is 18.3. The zero-order chi connectivity index (χ0) is 16.8. The Kier molecular flexibility index (Phi) is 6.53. The molecule has 0 radical (unpaired) electrons. The topological polar surface area (TPSA) is 74.3 Å². The highest BCUT2D eigenvalue weighted by Gasteiger charge is 2.23. The van der Waals surface area contributed by atoms with Gasteiger partial charge >= 0.3 is 0 Å². The van der Waals surface area contributed by atoms with E-state index in [2.05, 4.69) is 15.6 Å².